The highest BCUT2D eigenvalue weighted by Crippen LogP contribution is 2.23. The van der Waals surface area contributed by atoms with Crippen molar-refractivity contribution in [2.75, 3.05) is 20.2 Å². The fraction of sp³-hybridized carbons (Fsp3) is 0.412. The zero-order chi connectivity index (χ0) is 17.7. The molecule has 1 aromatic carbocycles. The smallest absolute Gasteiger partial charge is 0.333 e. The molecule has 1 amide bonds. The van der Waals surface area contributed by atoms with Gasteiger partial charge in [-0.2, -0.15) is 0 Å². The average molecular weight is 339 g/mol. The van der Waals surface area contributed by atoms with E-state index in [2.05, 4.69) is 11.3 Å². The average Bonchev–Trinajstić information content (AvgIpc) is 3.03. The number of amides is 1. The highest BCUT2D eigenvalue weighted by atomic mass is 19.1. The summed E-state index contributed by atoms with van der Waals surface area (Å²) in [6, 6.07) is 3.00. The van der Waals surface area contributed by atoms with E-state index in [9.17, 15) is 18.4 Å². The van der Waals surface area contributed by atoms with Gasteiger partial charge in [-0.25, -0.2) is 13.6 Å². The van der Waals surface area contributed by atoms with Gasteiger partial charge in [-0.05, 0) is 18.6 Å². The number of methoxy groups -OCH3 is 1. The van der Waals surface area contributed by atoms with Gasteiger partial charge in [0.15, 0.2) is 11.6 Å². The number of rotatable bonds is 6. The molecule has 130 valence electrons. The van der Waals surface area contributed by atoms with Crippen LogP contribution in [0.15, 0.2) is 30.4 Å². The number of hydrogen-bond acceptors (Lipinski definition) is 4. The van der Waals surface area contributed by atoms with Crippen LogP contribution in [-0.2, 0) is 14.3 Å². The Morgan fingerprint density at radius 3 is 2.79 bits per heavy atom. The molecule has 0 bridgehead atoms. The van der Waals surface area contributed by atoms with Crippen LogP contribution >= 0.6 is 0 Å². The Kier molecular flexibility index (Phi) is 5.89. The van der Waals surface area contributed by atoms with E-state index in [1.807, 2.05) is 0 Å². The topological polar surface area (TPSA) is 55.8 Å². The van der Waals surface area contributed by atoms with E-state index >= 15 is 0 Å². The predicted molar refractivity (Wildman–Crippen MR) is 82.4 cm³/mol. The SMILES string of the molecule is C=C(CCC(=O)N1CCC(Oc2cc(F)ccc2F)C1)C(=O)OC. The lowest BCUT2D eigenvalue weighted by Crippen LogP contribution is -2.31. The van der Waals surface area contributed by atoms with Crippen molar-refractivity contribution in [3.63, 3.8) is 0 Å². The zero-order valence-corrected chi connectivity index (χ0v) is 13.4. The lowest BCUT2D eigenvalue weighted by atomic mass is 10.1. The van der Waals surface area contributed by atoms with Crippen LogP contribution in [0.3, 0.4) is 0 Å². The van der Waals surface area contributed by atoms with Crippen LogP contribution in [0.5, 0.6) is 5.75 Å². The quantitative estimate of drug-likeness (QED) is 0.590. The summed E-state index contributed by atoms with van der Waals surface area (Å²) in [4.78, 5) is 24.9. The summed E-state index contributed by atoms with van der Waals surface area (Å²) in [6.45, 7) is 4.32. The third kappa shape index (κ3) is 4.53. The van der Waals surface area contributed by atoms with E-state index in [0.29, 0.717) is 19.5 Å². The Morgan fingerprint density at radius 1 is 1.33 bits per heavy atom. The second kappa shape index (κ2) is 7.90. The maximum atomic E-state index is 13.6. The van der Waals surface area contributed by atoms with Crippen molar-refractivity contribution < 1.29 is 27.8 Å². The van der Waals surface area contributed by atoms with Gasteiger partial charge in [-0.15, -0.1) is 0 Å². The van der Waals surface area contributed by atoms with Crippen LogP contribution in [0, 0.1) is 11.6 Å². The molecule has 1 aromatic rings. The first kappa shape index (κ1) is 17.9. The number of nitrogens with zero attached hydrogens (tertiary/aromatic N) is 1. The largest absolute Gasteiger partial charge is 0.485 e. The molecule has 7 heteroatoms. The molecule has 0 saturated carbocycles. The molecule has 1 unspecified atom stereocenters. The van der Waals surface area contributed by atoms with Crippen LogP contribution < -0.4 is 4.74 Å². The van der Waals surface area contributed by atoms with Crippen LogP contribution in [0.4, 0.5) is 8.78 Å². The molecule has 24 heavy (non-hydrogen) atoms. The second-order valence-corrected chi connectivity index (χ2v) is 5.54. The third-order valence-electron chi connectivity index (χ3n) is 3.80. The Morgan fingerprint density at radius 2 is 2.08 bits per heavy atom. The van der Waals surface area contributed by atoms with Gasteiger partial charge in [-0.1, -0.05) is 6.58 Å². The van der Waals surface area contributed by atoms with E-state index in [-0.39, 0.29) is 30.1 Å². The summed E-state index contributed by atoms with van der Waals surface area (Å²) in [6.07, 6.45) is 0.481. The van der Waals surface area contributed by atoms with Crippen molar-refractivity contribution in [3.8, 4) is 5.75 Å². The van der Waals surface area contributed by atoms with Crippen molar-refractivity contribution in [1.29, 1.82) is 0 Å². The summed E-state index contributed by atoms with van der Waals surface area (Å²) < 4.78 is 36.7. The van der Waals surface area contributed by atoms with Crippen molar-refractivity contribution >= 4 is 11.9 Å². The van der Waals surface area contributed by atoms with E-state index in [4.69, 9.17) is 4.74 Å². The first-order valence-corrected chi connectivity index (χ1v) is 7.56. The lowest BCUT2D eigenvalue weighted by Gasteiger charge is -2.17. The second-order valence-electron chi connectivity index (χ2n) is 5.54. The number of halogens is 2. The van der Waals surface area contributed by atoms with Gasteiger partial charge < -0.3 is 14.4 Å². The predicted octanol–water partition coefficient (Wildman–Crippen LogP) is 2.45. The summed E-state index contributed by atoms with van der Waals surface area (Å²) in [5.74, 6) is -2.07. The normalized spacial score (nSPS) is 16.8. The number of ether oxygens (including phenoxy) is 2. The number of carbonyl (C=O) groups is 2. The Balaban J connectivity index is 1.84. The molecule has 1 fully saturated rings. The van der Waals surface area contributed by atoms with Gasteiger partial charge in [0.2, 0.25) is 5.91 Å². The minimum absolute atomic E-state index is 0.134. The lowest BCUT2D eigenvalue weighted by molar-refractivity contribution is -0.136. The van der Waals surface area contributed by atoms with E-state index < -0.39 is 23.7 Å². The number of benzene rings is 1. The number of carbonyl (C=O) groups excluding carboxylic acids is 2. The summed E-state index contributed by atoms with van der Waals surface area (Å²) in [5.41, 5.74) is 0.236. The van der Waals surface area contributed by atoms with Crippen LogP contribution in [0.25, 0.3) is 0 Å². The molecule has 0 radical (unpaired) electrons. The molecule has 1 heterocycles. The highest BCUT2D eigenvalue weighted by Gasteiger charge is 2.28. The van der Waals surface area contributed by atoms with Crippen molar-refractivity contribution in [2.45, 2.75) is 25.4 Å². The summed E-state index contributed by atoms with van der Waals surface area (Å²) >= 11 is 0. The first-order chi connectivity index (χ1) is 11.4. The van der Waals surface area contributed by atoms with E-state index in [1.165, 1.54) is 7.11 Å². The van der Waals surface area contributed by atoms with Gasteiger partial charge in [0, 0.05) is 31.0 Å². The van der Waals surface area contributed by atoms with Gasteiger partial charge in [0.05, 0.1) is 13.7 Å². The molecule has 1 aliphatic heterocycles. The fourth-order valence-electron chi connectivity index (χ4n) is 2.46. The number of likely N-dealkylation sites (tertiary alicyclic amines) is 1. The molecule has 2 rings (SSSR count). The minimum atomic E-state index is -0.643. The first-order valence-electron chi connectivity index (χ1n) is 7.56. The molecule has 1 atom stereocenters. The Bertz CT molecular complexity index is 647. The van der Waals surface area contributed by atoms with E-state index in [0.717, 1.165) is 18.2 Å². The van der Waals surface area contributed by atoms with Gasteiger partial charge in [0.1, 0.15) is 11.9 Å². The monoisotopic (exact) mass is 339 g/mol. The molecule has 0 spiro atoms. The molecular formula is C17H19F2NO4. The maximum Gasteiger partial charge on any atom is 0.333 e. The van der Waals surface area contributed by atoms with Crippen LogP contribution in [0.2, 0.25) is 0 Å². The minimum Gasteiger partial charge on any atom is -0.485 e. The molecule has 0 aliphatic carbocycles. The Labute approximate surface area is 138 Å². The van der Waals surface area contributed by atoms with Gasteiger partial charge >= 0.3 is 5.97 Å². The van der Waals surface area contributed by atoms with Crippen molar-refractivity contribution in [1.82, 2.24) is 4.90 Å². The molecule has 1 aliphatic rings. The highest BCUT2D eigenvalue weighted by molar-refractivity contribution is 5.88. The standard InChI is InChI=1S/C17H19F2NO4/c1-11(17(22)23-2)3-6-16(21)20-8-7-13(10-20)24-15-9-12(18)4-5-14(15)19/h4-5,9,13H,1,3,6-8,10H2,2H3. The van der Waals surface area contributed by atoms with Crippen LogP contribution in [0.1, 0.15) is 19.3 Å². The van der Waals surface area contributed by atoms with Crippen LogP contribution in [-0.4, -0.2) is 43.1 Å². The summed E-state index contributed by atoms with van der Waals surface area (Å²) in [7, 11) is 1.25. The Hall–Kier alpha value is -2.44. The molecule has 0 N–H and O–H groups in total. The molecular weight excluding hydrogens is 320 g/mol. The maximum absolute atomic E-state index is 13.6. The zero-order valence-electron chi connectivity index (χ0n) is 13.4. The van der Waals surface area contributed by atoms with Gasteiger partial charge in [0.25, 0.3) is 0 Å². The third-order valence-corrected chi connectivity index (χ3v) is 3.80. The summed E-state index contributed by atoms with van der Waals surface area (Å²) in [5, 5.41) is 0. The van der Waals surface area contributed by atoms with Gasteiger partial charge in [-0.3, -0.25) is 4.79 Å². The molecule has 0 aromatic heterocycles. The number of esters is 1. The van der Waals surface area contributed by atoms with Crippen molar-refractivity contribution in [2.24, 2.45) is 0 Å². The molecule has 5 nitrogen and oxygen atoms in total. The van der Waals surface area contributed by atoms with Crippen molar-refractivity contribution in [3.05, 3.63) is 42.0 Å². The fourth-order valence-corrected chi connectivity index (χ4v) is 2.46. The van der Waals surface area contributed by atoms with E-state index in [1.54, 1.807) is 4.90 Å². The molecule has 1 saturated heterocycles. The number of hydrogen-bond donors (Lipinski definition) is 0.